The summed E-state index contributed by atoms with van der Waals surface area (Å²) in [5.74, 6) is -0.546. The highest BCUT2D eigenvalue weighted by Crippen LogP contribution is 2.31. The first kappa shape index (κ1) is 14.4. The van der Waals surface area contributed by atoms with Crippen molar-refractivity contribution in [3.63, 3.8) is 0 Å². The molecule has 1 fully saturated rings. The zero-order chi connectivity index (χ0) is 14.5. The maximum atomic E-state index is 11.6. The number of aromatic nitrogens is 1. The Labute approximate surface area is 116 Å². The molecule has 110 valence electrons. The summed E-state index contributed by atoms with van der Waals surface area (Å²) in [5.41, 5.74) is 0. The summed E-state index contributed by atoms with van der Waals surface area (Å²) in [4.78, 5) is 22.6. The molecule has 0 aliphatic heterocycles. The largest absolute Gasteiger partial charge is 0.481 e. The molecule has 7 nitrogen and oxygen atoms in total. The van der Waals surface area contributed by atoms with E-state index >= 15 is 0 Å². The van der Waals surface area contributed by atoms with Crippen molar-refractivity contribution in [2.24, 2.45) is 11.8 Å². The number of nitrogens with zero attached hydrogens (tertiary/aromatic N) is 1. The fourth-order valence-electron chi connectivity index (χ4n) is 2.45. The summed E-state index contributed by atoms with van der Waals surface area (Å²) < 4.78 is 9.95. The molecule has 1 aromatic rings. The number of rotatable bonds is 6. The molecule has 0 bridgehead atoms. The predicted octanol–water partition coefficient (Wildman–Crippen LogP) is 0.979. The lowest BCUT2D eigenvalue weighted by atomic mass is 9.96. The lowest BCUT2D eigenvalue weighted by Gasteiger charge is -2.16. The first-order chi connectivity index (χ1) is 9.56. The number of carbonyl (C=O) groups excluding carboxylic acids is 1. The second kappa shape index (κ2) is 6.40. The number of aliphatic carboxylic acids is 1. The topological polar surface area (TPSA) is 102 Å². The Hall–Kier alpha value is -2.05. The van der Waals surface area contributed by atoms with E-state index in [9.17, 15) is 9.59 Å². The number of hydrogen-bond acceptors (Lipinski definition) is 5. The van der Waals surface area contributed by atoms with Crippen LogP contribution in [0.25, 0.3) is 0 Å². The van der Waals surface area contributed by atoms with Crippen molar-refractivity contribution in [3.8, 4) is 5.88 Å². The van der Waals surface area contributed by atoms with Crippen LogP contribution in [0.3, 0.4) is 0 Å². The highest BCUT2D eigenvalue weighted by Gasteiger charge is 2.32. The van der Waals surface area contributed by atoms with Crippen LogP contribution in [0.15, 0.2) is 10.6 Å². The second-order valence-corrected chi connectivity index (χ2v) is 5.00. The Morgan fingerprint density at radius 1 is 1.55 bits per heavy atom. The molecule has 1 aromatic heterocycles. The normalized spacial score (nSPS) is 21.6. The molecule has 1 aliphatic rings. The lowest BCUT2D eigenvalue weighted by molar-refractivity contribution is -0.143. The quantitative estimate of drug-likeness (QED) is 0.806. The van der Waals surface area contributed by atoms with Gasteiger partial charge in [0.15, 0.2) is 6.61 Å². The van der Waals surface area contributed by atoms with Crippen LogP contribution in [-0.4, -0.2) is 35.3 Å². The molecule has 2 rings (SSSR count). The van der Waals surface area contributed by atoms with Crippen LogP contribution in [0, 0.1) is 18.8 Å². The molecule has 2 N–H and O–H groups in total. The Morgan fingerprint density at radius 2 is 2.35 bits per heavy atom. The van der Waals surface area contributed by atoms with E-state index in [2.05, 4.69) is 10.5 Å². The van der Waals surface area contributed by atoms with E-state index in [1.165, 1.54) is 0 Å². The number of ether oxygens (including phenoxy) is 1. The maximum absolute atomic E-state index is 11.6. The number of aryl methyl sites for hydroxylation is 1. The third kappa shape index (κ3) is 3.72. The smallest absolute Gasteiger partial charge is 0.306 e. The average molecular weight is 282 g/mol. The lowest BCUT2D eigenvalue weighted by Crippen LogP contribution is -2.35. The van der Waals surface area contributed by atoms with Gasteiger partial charge < -0.3 is 19.7 Å². The third-order valence-corrected chi connectivity index (χ3v) is 3.50. The van der Waals surface area contributed by atoms with Gasteiger partial charge in [-0.25, -0.2) is 0 Å². The molecular formula is C13H18N2O5. The van der Waals surface area contributed by atoms with Crippen LogP contribution >= 0.6 is 0 Å². The van der Waals surface area contributed by atoms with Crippen molar-refractivity contribution < 1.29 is 24.0 Å². The maximum Gasteiger partial charge on any atom is 0.306 e. The molecule has 1 saturated carbocycles. The molecule has 0 spiro atoms. The number of hydrogen-bond donors (Lipinski definition) is 2. The molecule has 0 saturated heterocycles. The van der Waals surface area contributed by atoms with Gasteiger partial charge in [0.25, 0.3) is 11.8 Å². The molecule has 2 unspecified atom stereocenters. The Balaban J connectivity index is 1.71. The molecular weight excluding hydrogens is 264 g/mol. The fourth-order valence-corrected chi connectivity index (χ4v) is 2.45. The van der Waals surface area contributed by atoms with Gasteiger partial charge in [0.1, 0.15) is 5.76 Å². The zero-order valence-electron chi connectivity index (χ0n) is 11.3. The number of carboxylic acid groups (broad SMARTS) is 1. The van der Waals surface area contributed by atoms with Gasteiger partial charge in [0.2, 0.25) is 0 Å². The van der Waals surface area contributed by atoms with E-state index in [4.69, 9.17) is 14.4 Å². The van der Waals surface area contributed by atoms with Gasteiger partial charge in [-0.1, -0.05) is 6.42 Å². The standard InChI is InChI=1S/C13H18N2O5/c1-8-5-12(15-20-8)19-7-11(16)14-6-9-3-2-4-10(9)13(17)18/h5,9-10H,2-4,6-7H2,1H3,(H,14,16)(H,17,18). The number of carbonyl (C=O) groups is 2. The average Bonchev–Trinajstić information content (AvgIpc) is 3.02. The molecule has 1 amide bonds. The van der Waals surface area contributed by atoms with Gasteiger partial charge in [-0.2, -0.15) is 0 Å². The fraction of sp³-hybridized carbons (Fsp3) is 0.615. The van der Waals surface area contributed by atoms with Gasteiger partial charge in [0.05, 0.1) is 5.92 Å². The summed E-state index contributed by atoms with van der Waals surface area (Å²) in [6.07, 6.45) is 2.41. The van der Waals surface area contributed by atoms with Crippen LogP contribution in [0.1, 0.15) is 25.0 Å². The van der Waals surface area contributed by atoms with E-state index in [0.717, 1.165) is 12.8 Å². The van der Waals surface area contributed by atoms with E-state index in [0.29, 0.717) is 18.7 Å². The number of carboxylic acids is 1. The third-order valence-electron chi connectivity index (χ3n) is 3.50. The summed E-state index contributed by atoms with van der Waals surface area (Å²) in [6.45, 7) is 1.94. The van der Waals surface area contributed by atoms with Crippen LogP contribution in [0.5, 0.6) is 5.88 Å². The Bertz CT molecular complexity index is 485. The summed E-state index contributed by atoms with van der Waals surface area (Å²) >= 11 is 0. The van der Waals surface area contributed by atoms with Crippen molar-refractivity contribution in [2.75, 3.05) is 13.2 Å². The second-order valence-electron chi connectivity index (χ2n) is 5.00. The van der Waals surface area contributed by atoms with E-state index in [-0.39, 0.29) is 30.2 Å². The zero-order valence-corrected chi connectivity index (χ0v) is 11.3. The van der Waals surface area contributed by atoms with Crippen molar-refractivity contribution in [2.45, 2.75) is 26.2 Å². The van der Waals surface area contributed by atoms with Crippen LogP contribution in [0.4, 0.5) is 0 Å². The number of nitrogens with one attached hydrogen (secondary N) is 1. The summed E-state index contributed by atoms with van der Waals surface area (Å²) in [5, 5.41) is 15.4. The summed E-state index contributed by atoms with van der Waals surface area (Å²) in [7, 11) is 0. The minimum atomic E-state index is -0.781. The van der Waals surface area contributed by atoms with Gasteiger partial charge in [-0.3, -0.25) is 9.59 Å². The molecule has 0 radical (unpaired) electrons. The van der Waals surface area contributed by atoms with E-state index in [1.807, 2.05) is 0 Å². The monoisotopic (exact) mass is 282 g/mol. The van der Waals surface area contributed by atoms with Gasteiger partial charge in [-0.15, -0.1) is 0 Å². The molecule has 2 atom stereocenters. The van der Waals surface area contributed by atoms with Crippen molar-refractivity contribution >= 4 is 11.9 Å². The van der Waals surface area contributed by atoms with Crippen molar-refractivity contribution in [1.29, 1.82) is 0 Å². The minimum absolute atomic E-state index is 0.00532. The van der Waals surface area contributed by atoms with Crippen molar-refractivity contribution in [1.82, 2.24) is 10.5 Å². The first-order valence-electron chi connectivity index (χ1n) is 6.62. The van der Waals surface area contributed by atoms with Crippen LogP contribution in [-0.2, 0) is 9.59 Å². The Morgan fingerprint density at radius 3 is 3.00 bits per heavy atom. The molecule has 7 heteroatoms. The Kier molecular flexibility index (Phi) is 4.60. The minimum Gasteiger partial charge on any atom is -0.481 e. The van der Waals surface area contributed by atoms with Gasteiger partial charge >= 0.3 is 5.97 Å². The molecule has 1 aliphatic carbocycles. The molecule has 1 heterocycles. The van der Waals surface area contributed by atoms with Crippen molar-refractivity contribution in [3.05, 3.63) is 11.8 Å². The summed E-state index contributed by atoms with van der Waals surface area (Å²) in [6, 6.07) is 1.59. The molecule has 20 heavy (non-hydrogen) atoms. The van der Waals surface area contributed by atoms with Crippen LogP contribution in [0.2, 0.25) is 0 Å². The van der Waals surface area contributed by atoms with Gasteiger partial charge in [-0.05, 0) is 30.8 Å². The SMILES string of the molecule is Cc1cc(OCC(=O)NCC2CCCC2C(=O)O)no1. The highest BCUT2D eigenvalue weighted by molar-refractivity contribution is 5.77. The predicted molar refractivity (Wildman–Crippen MR) is 68.2 cm³/mol. The highest BCUT2D eigenvalue weighted by atomic mass is 16.5. The molecule has 0 aromatic carbocycles. The first-order valence-corrected chi connectivity index (χ1v) is 6.62. The van der Waals surface area contributed by atoms with E-state index in [1.54, 1.807) is 13.0 Å². The van der Waals surface area contributed by atoms with E-state index < -0.39 is 5.97 Å². The number of amides is 1. The van der Waals surface area contributed by atoms with Crippen LogP contribution < -0.4 is 10.1 Å². The van der Waals surface area contributed by atoms with Gasteiger partial charge in [0, 0.05) is 12.6 Å².